The average Bonchev–Trinajstić information content (AvgIpc) is 2.49. The van der Waals surface area contributed by atoms with Crippen LogP contribution in [0.25, 0.3) is 0 Å². The summed E-state index contributed by atoms with van der Waals surface area (Å²) in [6.07, 6.45) is 1.05. The molecule has 1 N–H and O–H groups in total. The fourth-order valence-electron chi connectivity index (χ4n) is 2.00. The summed E-state index contributed by atoms with van der Waals surface area (Å²) in [4.78, 5) is 0. The van der Waals surface area contributed by atoms with E-state index in [9.17, 15) is 0 Å². The van der Waals surface area contributed by atoms with Crippen LogP contribution in [0.1, 0.15) is 25.8 Å². The van der Waals surface area contributed by atoms with Crippen LogP contribution < -0.4 is 10.1 Å². The van der Waals surface area contributed by atoms with Crippen LogP contribution in [-0.4, -0.2) is 6.61 Å². The SMILES string of the molecule is CC(C)CCOc1ccccc1CNc1ccc(Cl)c(Cl)c1. The Morgan fingerprint density at radius 1 is 1.05 bits per heavy atom. The van der Waals surface area contributed by atoms with Crippen molar-refractivity contribution in [3.8, 4) is 5.75 Å². The summed E-state index contributed by atoms with van der Waals surface area (Å²) < 4.78 is 5.89. The lowest BCUT2D eigenvalue weighted by molar-refractivity contribution is 0.287. The van der Waals surface area contributed by atoms with Crippen molar-refractivity contribution in [1.82, 2.24) is 0 Å². The first kappa shape index (κ1) is 17.0. The van der Waals surface area contributed by atoms with Crippen LogP contribution in [0.2, 0.25) is 10.0 Å². The number of halogens is 2. The number of anilines is 1. The van der Waals surface area contributed by atoms with Gasteiger partial charge in [-0.2, -0.15) is 0 Å². The monoisotopic (exact) mass is 337 g/mol. The van der Waals surface area contributed by atoms with Gasteiger partial charge in [0.05, 0.1) is 16.7 Å². The van der Waals surface area contributed by atoms with E-state index < -0.39 is 0 Å². The highest BCUT2D eigenvalue weighted by Gasteiger charge is 2.05. The molecule has 0 fully saturated rings. The lowest BCUT2D eigenvalue weighted by Crippen LogP contribution is -2.06. The molecule has 0 atom stereocenters. The third kappa shape index (κ3) is 5.11. The Kier molecular flexibility index (Phi) is 6.41. The van der Waals surface area contributed by atoms with Gasteiger partial charge >= 0.3 is 0 Å². The highest BCUT2D eigenvalue weighted by atomic mass is 35.5. The number of hydrogen-bond donors (Lipinski definition) is 1. The molecule has 2 nitrogen and oxygen atoms in total. The second-order valence-electron chi connectivity index (χ2n) is 5.62. The second-order valence-corrected chi connectivity index (χ2v) is 6.44. The Morgan fingerprint density at radius 2 is 1.82 bits per heavy atom. The van der Waals surface area contributed by atoms with Crippen LogP contribution in [0.3, 0.4) is 0 Å². The van der Waals surface area contributed by atoms with Crippen molar-refractivity contribution in [2.24, 2.45) is 5.92 Å². The van der Waals surface area contributed by atoms with E-state index in [1.165, 1.54) is 0 Å². The summed E-state index contributed by atoms with van der Waals surface area (Å²) >= 11 is 12.0. The van der Waals surface area contributed by atoms with Gasteiger partial charge in [-0.25, -0.2) is 0 Å². The van der Waals surface area contributed by atoms with Crippen LogP contribution in [0.15, 0.2) is 42.5 Å². The first-order valence-electron chi connectivity index (χ1n) is 7.46. The molecule has 118 valence electrons. The maximum atomic E-state index is 6.03. The van der Waals surface area contributed by atoms with Crippen LogP contribution in [0.4, 0.5) is 5.69 Å². The minimum Gasteiger partial charge on any atom is -0.493 e. The van der Waals surface area contributed by atoms with Crippen molar-refractivity contribution in [3.63, 3.8) is 0 Å². The van der Waals surface area contributed by atoms with Crippen molar-refractivity contribution in [2.45, 2.75) is 26.8 Å². The molecule has 0 aromatic heterocycles. The highest BCUT2D eigenvalue weighted by molar-refractivity contribution is 6.42. The van der Waals surface area contributed by atoms with Crippen molar-refractivity contribution >= 4 is 28.9 Å². The zero-order valence-electron chi connectivity index (χ0n) is 12.9. The van der Waals surface area contributed by atoms with E-state index >= 15 is 0 Å². The van der Waals surface area contributed by atoms with Gasteiger partial charge in [0.25, 0.3) is 0 Å². The van der Waals surface area contributed by atoms with Crippen molar-refractivity contribution < 1.29 is 4.74 Å². The Balaban J connectivity index is 1.98. The summed E-state index contributed by atoms with van der Waals surface area (Å²) in [6, 6.07) is 13.6. The number of hydrogen-bond acceptors (Lipinski definition) is 2. The number of benzene rings is 2. The molecule has 4 heteroatoms. The maximum absolute atomic E-state index is 6.03. The third-order valence-corrected chi connectivity index (χ3v) is 4.07. The molecule has 0 amide bonds. The van der Waals surface area contributed by atoms with Crippen molar-refractivity contribution in [1.29, 1.82) is 0 Å². The molecular formula is C18H21Cl2NO. The van der Waals surface area contributed by atoms with E-state index in [2.05, 4.69) is 25.2 Å². The van der Waals surface area contributed by atoms with E-state index in [-0.39, 0.29) is 0 Å². The number of rotatable bonds is 7. The first-order chi connectivity index (χ1) is 10.6. The predicted molar refractivity (Wildman–Crippen MR) is 95.2 cm³/mol. The summed E-state index contributed by atoms with van der Waals surface area (Å²) in [5.41, 5.74) is 2.06. The van der Waals surface area contributed by atoms with Crippen molar-refractivity contribution in [3.05, 3.63) is 58.1 Å². The van der Waals surface area contributed by atoms with E-state index in [1.54, 1.807) is 6.07 Å². The summed E-state index contributed by atoms with van der Waals surface area (Å²) in [5.74, 6) is 1.57. The van der Waals surface area contributed by atoms with E-state index in [0.717, 1.165) is 30.0 Å². The van der Waals surface area contributed by atoms with E-state index in [0.29, 0.717) is 22.5 Å². The molecule has 0 bridgehead atoms. The molecule has 22 heavy (non-hydrogen) atoms. The van der Waals surface area contributed by atoms with Crippen molar-refractivity contribution in [2.75, 3.05) is 11.9 Å². The minimum atomic E-state index is 0.549. The van der Waals surface area contributed by atoms with Gasteiger partial charge in [-0.3, -0.25) is 0 Å². The number of para-hydroxylation sites is 1. The second kappa shape index (κ2) is 8.30. The van der Waals surface area contributed by atoms with E-state index in [4.69, 9.17) is 27.9 Å². The first-order valence-corrected chi connectivity index (χ1v) is 8.21. The zero-order valence-corrected chi connectivity index (χ0v) is 14.4. The highest BCUT2D eigenvalue weighted by Crippen LogP contribution is 2.26. The van der Waals surface area contributed by atoms with E-state index in [1.807, 2.05) is 30.3 Å². The molecule has 2 rings (SSSR count). The normalized spacial score (nSPS) is 10.8. The molecular weight excluding hydrogens is 317 g/mol. The predicted octanol–water partition coefficient (Wildman–Crippen LogP) is 6.03. The standard InChI is InChI=1S/C18H21Cl2NO/c1-13(2)9-10-22-18-6-4-3-5-14(18)12-21-15-7-8-16(19)17(20)11-15/h3-8,11,13,21H,9-10,12H2,1-2H3. The Bertz CT molecular complexity index is 614. The lowest BCUT2D eigenvalue weighted by atomic mass is 10.1. The van der Waals surface area contributed by atoms with Gasteiger partial charge in [-0.1, -0.05) is 55.2 Å². The molecule has 2 aromatic rings. The third-order valence-electron chi connectivity index (χ3n) is 3.33. The number of ether oxygens (including phenoxy) is 1. The Morgan fingerprint density at radius 3 is 2.55 bits per heavy atom. The van der Waals surface area contributed by atoms with Gasteiger partial charge in [0, 0.05) is 17.8 Å². The average molecular weight is 338 g/mol. The maximum Gasteiger partial charge on any atom is 0.124 e. The quantitative estimate of drug-likeness (QED) is 0.665. The summed E-state index contributed by atoms with van der Waals surface area (Å²) in [5, 5.41) is 4.45. The molecule has 0 aliphatic rings. The molecule has 0 saturated heterocycles. The van der Waals surface area contributed by atoms with Gasteiger partial charge in [-0.05, 0) is 36.6 Å². The molecule has 0 aliphatic carbocycles. The molecule has 0 spiro atoms. The van der Waals surface area contributed by atoms with Gasteiger partial charge in [-0.15, -0.1) is 0 Å². The molecule has 2 aromatic carbocycles. The van der Waals surface area contributed by atoms with Gasteiger partial charge in [0.1, 0.15) is 5.75 Å². The van der Waals surface area contributed by atoms with Gasteiger partial charge in [0.2, 0.25) is 0 Å². The fourth-order valence-corrected chi connectivity index (χ4v) is 2.30. The van der Waals surface area contributed by atoms with Crippen LogP contribution in [-0.2, 0) is 6.54 Å². The topological polar surface area (TPSA) is 21.3 Å². The largest absolute Gasteiger partial charge is 0.493 e. The molecule has 0 radical (unpaired) electrons. The van der Waals surface area contributed by atoms with Crippen LogP contribution >= 0.6 is 23.2 Å². The molecule has 0 unspecified atom stereocenters. The zero-order chi connectivity index (χ0) is 15.9. The minimum absolute atomic E-state index is 0.549. The fraction of sp³-hybridized carbons (Fsp3) is 0.333. The van der Waals surface area contributed by atoms with Gasteiger partial charge in [0.15, 0.2) is 0 Å². The Hall–Kier alpha value is -1.38. The van der Waals surface area contributed by atoms with Crippen LogP contribution in [0.5, 0.6) is 5.75 Å². The van der Waals surface area contributed by atoms with Gasteiger partial charge < -0.3 is 10.1 Å². The smallest absolute Gasteiger partial charge is 0.124 e. The number of nitrogens with one attached hydrogen (secondary N) is 1. The molecule has 0 aliphatic heterocycles. The summed E-state index contributed by atoms with van der Waals surface area (Å²) in [7, 11) is 0. The Labute approximate surface area is 142 Å². The lowest BCUT2D eigenvalue weighted by Gasteiger charge is -2.14. The molecule has 0 heterocycles. The van der Waals surface area contributed by atoms with Crippen LogP contribution in [0, 0.1) is 5.92 Å². The molecule has 0 saturated carbocycles. The summed E-state index contributed by atoms with van der Waals surface area (Å²) in [6.45, 7) is 5.81.